The molecular formula is C6H14N2O3. The van der Waals surface area contributed by atoms with Crippen LogP contribution in [0.4, 0.5) is 0 Å². The number of carbonyl (C=O) groups excluding carboxylic acids is 1. The van der Waals surface area contributed by atoms with Gasteiger partial charge in [0.2, 0.25) is 0 Å². The molecule has 66 valence electrons. The third kappa shape index (κ3) is 17.6. The number of rotatable bonds is 2. The molecule has 0 bridgehead atoms. The van der Waals surface area contributed by atoms with Crippen LogP contribution in [0.3, 0.4) is 0 Å². The molecule has 0 aliphatic rings. The fraction of sp³-hybridized carbons (Fsp3) is 0.667. The molecule has 0 unspecified atom stereocenters. The first-order valence-corrected chi connectivity index (χ1v) is 3.11. The molecule has 0 aromatic rings. The van der Waals surface area contributed by atoms with Gasteiger partial charge in [-0.25, -0.2) is 0 Å². The van der Waals surface area contributed by atoms with Crippen molar-refractivity contribution >= 4 is 12.3 Å². The van der Waals surface area contributed by atoms with Crippen LogP contribution >= 0.6 is 0 Å². The summed E-state index contributed by atoms with van der Waals surface area (Å²) in [4.78, 5) is 19.0. The monoisotopic (exact) mass is 162 g/mol. The maximum absolute atomic E-state index is 9.57. The maximum Gasteiger partial charge on any atom is 0.320 e. The lowest BCUT2D eigenvalue weighted by atomic mass is 10.4. The van der Waals surface area contributed by atoms with Crippen LogP contribution < -0.4 is 11.5 Å². The van der Waals surface area contributed by atoms with Crippen molar-refractivity contribution < 1.29 is 14.7 Å². The Hall–Kier alpha value is -0.940. The van der Waals surface area contributed by atoms with Crippen LogP contribution in [0.15, 0.2) is 0 Å². The summed E-state index contributed by atoms with van der Waals surface area (Å²) in [6, 6.07) is -1.03. The molecule has 0 aliphatic carbocycles. The molecule has 0 radical (unpaired) electrons. The molecule has 0 aliphatic heterocycles. The lowest BCUT2D eigenvalue weighted by Gasteiger charge is -1.90. The van der Waals surface area contributed by atoms with Crippen molar-refractivity contribution in [3.8, 4) is 0 Å². The fourth-order valence-electron chi connectivity index (χ4n) is 0. The van der Waals surface area contributed by atoms with Gasteiger partial charge in [-0.1, -0.05) is 0 Å². The van der Waals surface area contributed by atoms with E-state index in [0.29, 0.717) is 6.29 Å². The molecule has 0 aromatic heterocycles. The molecule has 0 amide bonds. The molecule has 11 heavy (non-hydrogen) atoms. The van der Waals surface area contributed by atoms with Gasteiger partial charge >= 0.3 is 5.97 Å². The predicted molar refractivity (Wildman–Crippen MR) is 41.0 cm³/mol. The number of hydrogen-bond donors (Lipinski definition) is 3. The van der Waals surface area contributed by atoms with Crippen molar-refractivity contribution in [2.24, 2.45) is 11.5 Å². The van der Waals surface area contributed by atoms with Gasteiger partial charge in [0.05, 0.1) is 6.04 Å². The second-order valence-electron chi connectivity index (χ2n) is 2.12. The van der Waals surface area contributed by atoms with Crippen molar-refractivity contribution in [2.45, 2.75) is 25.9 Å². The van der Waals surface area contributed by atoms with Crippen molar-refractivity contribution in [2.75, 3.05) is 0 Å². The normalized spacial score (nSPS) is 13.8. The predicted octanol–water partition coefficient (Wildman–Crippen LogP) is -1.05. The quantitative estimate of drug-likeness (QED) is 0.449. The van der Waals surface area contributed by atoms with Crippen molar-refractivity contribution in [3.63, 3.8) is 0 Å². The Kier molecular flexibility index (Phi) is 8.29. The first-order chi connectivity index (χ1) is 4.91. The van der Waals surface area contributed by atoms with Gasteiger partial charge in [0, 0.05) is 0 Å². The smallest absolute Gasteiger partial charge is 0.320 e. The number of aliphatic carboxylic acids is 1. The SMILES string of the molecule is C[C@@H](N)C(=O)O.C[C@@H](N)C=O. The van der Waals surface area contributed by atoms with E-state index >= 15 is 0 Å². The molecule has 0 fully saturated rings. The number of nitrogens with two attached hydrogens (primary N) is 2. The van der Waals surface area contributed by atoms with Crippen LogP contribution in [0.1, 0.15) is 13.8 Å². The largest absolute Gasteiger partial charge is 0.480 e. The van der Waals surface area contributed by atoms with E-state index in [-0.39, 0.29) is 6.04 Å². The van der Waals surface area contributed by atoms with Gasteiger partial charge in [-0.2, -0.15) is 0 Å². The second-order valence-corrected chi connectivity index (χ2v) is 2.12. The Morgan fingerprint density at radius 2 is 1.64 bits per heavy atom. The lowest BCUT2D eigenvalue weighted by molar-refractivity contribution is -0.138. The number of hydrogen-bond acceptors (Lipinski definition) is 4. The molecule has 5 N–H and O–H groups in total. The molecule has 5 nitrogen and oxygen atoms in total. The highest BCUT2D eigenvalue weighted by Crippen LogP contribution is 1.68. The van der Waals surface area contributed by atoms with Crippen LogP contribution in [-0.2, 0) is 9.59 Å². The molecule has 0 aromatic carbocycles. The van der Waals surface area contributed by atoms with Gasteiger partial charge in [0.15, 0.2) is 0 Å². The third-order valence-corrected chi connectivity index (χ3v) is 0.604. The van der Waals surface area contributed by atoms with Crippen molar-refractivity contribution in [1.29, 1.82) is 0 Å². The molecule has 0 saturated heterocycles. The highest BCUT2D eigenvalue weighted by atomic mass is 16.4. The van der Waals surface area contributed by atoms with Crippen LogP contribution in [0.2, 0.25) is 0 Å². The summed E-state index contributed by atoms with van der Waals surface area (Å²) >= 11 is 0. The van der Waals surface area contributed by atoms with Crippen LogP contribution in [0.5, 0.6) is 0 Å². The Balaban J connectivity index is 0. The molecule has 0 rings (SSSR count). The van der Waals surface area contributed by atoms with E-state index in [1.807, 2.05) is 0 Å². The van der Waals surface area contributed by atoms with E-state index in [1.54, 1.807) is 6.92 Å². The van der Waals surface area contributed by atoms with Gasteiger partial charge in [0.25, 0.3) is 0 Å². The first-order valence-electron chi connectivity index (χ1n) is 3.11. The standard InChI is InChI=1S/C3H7NO2.C3H7NO/c1-2(4)3(5)6;1-3(4)2-5/h2H,4H2,1H3,(H,5,6);2-3H,4H2,1H3/t2-;3-/m11/s1. The number of carboxylic acid groups (broad SMARTS) is 1. The molecule has 0 saturated carbocycles. The minimum atomic E-state index is -0.963. The zero-order valence-electron chi connectivity index (χ0n) is 6.65. The summed E-state index contributed by atoms with van der Waals surface area (Å²) in [5.74, 6) is -0.963. The number of carboxylic acids is 1. The highest BCUT2D eigenvalue weighted by Gasteiger charge is 1.99. The average molecular weight is 162 g/mol. The molecule has 0 spiro atoms. The number of carbonyl (C=O) groups is 2. The Bertz CT molecular complexity index is 123. The number of aldehydes is 1. The second kappa shape index (κ2) is 7.17. The van der Waals surface area contributed by atoms with Gasteiger partial charge in [-0.3, -0.25) is 4.79 Å². The summed E-state index contributed by atoms with van der Waals surface area (Å²) in [5, 5.41) is 7.87. The van der Waals surface area contributed by atoms with E-state index in [2.05, 4.69) is 0 Å². The van der Waals surface area contributed by atoms with Gasteiger partial charge in [-0.05, 0) is 13.8 Å². The summed E-state index contributed by atoms with van der Waals surface area (Å²) in [7, 11) is 0. The maximum atomic E-state index is 9.57. The van der Waals surface area contributed by atoms with Gasteiger partial charge in [-0.15, -0.1) is 0 Å². The van der Waals surface area contributed by atoms with E-state index in [9.17, 15) is 9.59 Å². The summed E-state index contributed by atoms with van der Waals surface area (Å²) in [5.41, 5.74) is 9.76. The highest BCUT2D eigenvalue weighted by molar-refractivity contribution is 5.72. The zero-order valence-corrected chi connectivity index (χ0v) is 6.65. The average Bonchev–Trinajstić information content (AvgIpc) is 1.89. The summed E-state index contributed by atoms with van der Waals surface area (Å²) in [6.07, 6.45) is 0.694. The van der Waals surface area contributed by atoms with E-state index in [1.165, 1.54) is 6.92 Å². The molecule has 2 atom stereocenters. The Morgan fingerprint density at radius 3 is 1.64 bits per heavy atom. The Morgan fingerprint density at radius 1 is 1.45 bits per heavy atom. The molecule has 5 heteroatoms. The van der Waals surface area contributed by atoms with Crippen LogP contribution in [-0.4, -0.2) is 29.4 Å². The zero-order chi connectivity index (χ0) is 9.44. The third-order valence-electron chi connectivity index (χ3n) is 0.604. The van der Waals surface area contributed by atoms with Crippen LogP contribution in [0, 0.1) is 0 Å². The van der Waals surface area contributed by atoms with Crippen molar-refractivity contribution in [1.82, 2.24) is 0 Å². The first kappa shape index (κ1) is 12.7. The van der Waals surface area contributed by atoms with Gasteiger partial charge < -0.3 is 21.4 Å². The van der Waals surface area contributed by atoms with E-state index < -0.39 is 12.0 Å². The van der Waals surface area contributed by atoms with Gasteiger partial charge in [0.1, 0.15) is 12.3 Å². The molecular weight excluding hydrogens is 148 g/mol. The van der Waals surface area contributed by atoms with E-state index in [4.69, 9.17) is 16.6 Å². The topological polar surface area (TPSA) is 106 Å². The summed E-state index contributed by atoms with van der Waals surface area (Å²) < 4.78 is 0. The minimum absolute atomic E-state index is 0.296. The molecule has 0 heterocycles. The Labute approximate surface area is 65.4 Å². The lowest BCUT2D eigenvalue weighted by Crippen LogP contribution is -2.25. The van der Waals surface area contributed by atoms with E-state index in [0.717, 1.165) is 0 Å². The fourth-order valence-corrected chi connectivity index (χ4v) is 0. The summed E-state index contributed by atoms with van der Waals surface area (Å²) in [6.45, 7) is 3.05. The minimum Gasteiger partial charge on any atom is -0.480 e. The van der Waals surface area contributed by atoms with Crippen LogP contribution in [0.25, 0.3) is 0 Å². The van der Waals surface area contributed by atoms with Crippen molar-refractivity contribution in [3.05, 3.63) is 0 Å².